The van der Waals surface area contributed by atoms with E-state index in [1.54, 1.807) is 12.1 Å². The number of benzene rings is 1. The lowest BCUT2D eigenvalue weighted by molar-refractivity contribution is -0.140. The third kappa shape index (κ3) is 4.68. The van der Waals surface area contributed by atoms with E-state index in [0.29, 0.717) is 19.4 Å². The van der Waals surface area contributed by atoms with Gasteiger partial charge in [0.05, 0.1) is 24.2 Å². The number of hydrogen-bond donors (Lipinski definition) is 1. The molecule has 2 rings (SSSR count). The predicted octanol–water partition coefficient (Wildman–Crippen LogP) is 3.65. The number of nitrogens with one attached hydrogen (secondary N) is 1. The number of carbonyl (C=O) groups excluding carboxylic acids is 1. The number of aromatic nitrogens is 1. The van der Waals surface area contributed by atoms with Crippen LogP contribution in [0.4, 0.5) is 9.52 Å². The Kier molecular flexibility index (Phi) is 5.52. The Morgan fingerprint density at radius 2 is 2.33 bits per heavy atom. The zero-order chi connectivity index (χ0) is 15.2. The predicted molar refractivity (Wildman–Crippen MR) is 81.2 cm³/mol. The minimum atomic E-state index is -0.431. The summed E-state index contributed by atoms with van der Waals surface area (Å²) in [4.78, 5) is 15.4. The van der Waals surface area contributed by atoms with Gasteiger partial charge in [0.25, 0.3) is 0 Å². The lowest BCUT2D eigenvalue weighted by Crippen LogP contribution is -2.02. The maximum Gasteiger partial charge on any atom is 0.305 e. The Morgan fingerprint density at radius 3 is 3.05 bits per heavy atom. The highest BCUT2D eigenvalue weighted by Crippen LogP contribution is 2.20. The monoisotopic (exact) mass is 328 g/mol. The zero-order valence-corrected chi connectivity index (χ0v) is 12.9. The van der Waals surface area contributed by atoms with Gasteiger partial charge in [0, 0.05) is 18.3 Å². The van der Waals surface area contributed by atoms with Crippen molar-refractivity contribution >= 4 is 34.0 Å². The molecule has 1 N–H and O–H groups in total. The summed E-state index contributed by atoms with van der Waals surface area (Å²) in [5.74, 6) is -0.682. The molecule has 112 valence electrons. The first-order valence-electron chi connectivity index (χ1n) is 6.27. The summed E-state index contributed by atoms with van der Waals surface area (Å²) >= 11 is 7.18. The van der Waals surface area contributed by atoms with E-state index < -0.39 is 5.82 Å². The van der Waals surface area contributed by atoms with Crippen molar-refractivity contribution in [2.45, 2.75) is 19.4 Å². The highest BCUT2D eigenvalue weighted by Gasteiger charge is 2.06. The van der Waals surface area contributed by atoms with Gasteiger partial charge in [-0.1, -0.05) is 17.7 Å². The number of rotatable bonds is 6. The second kappa shape index (κ2) is 7.38. The summed E-state index contributed by atoms with van der Waals surface area (Å²) in [5.41, 5.74) is 1.71. The van der Waals surface area contributed by atoms with E-state index in [2.05, 4.69) is 15.0 Å². The molecule has 1 heterocycles. The number of esters is 1. The lowest BCUT2D eigenvalue weighted by Gasteiger charge is -2.04. The minimum Gasteiger partial charge on any atom is -0.469 e. The minimum absolute atomic E-state index is 0.104. The lowest BCUT2D eigenvalue weighted by atomic mass is 10.2. The topological polar surface area (TPSA) is 51.2 Å². The molecule has 0 aliphatic carbocycles. The number of halogens is 2. The Balaban J connectivity index is 1.87. The molecule has 0 radical (unpaired) electrons. The summed E-state index contributed by atoms with van der Waals surface area (Å²) in [6.45, 7) is 0.504. The first-order valence-corrected chi connectivity index (χ1v) is 7.53. The molecule has 4 nitrogen and oxygen atoms in total. The van der Waals surface area contributed by atoms with Crippen LogP contribution in [0.2, 0.25) is 5.02 Å². The van der Waals surface area contributed by atoms with Crippen LogP contribution in [-0.2, 0) is 22.5 Å². The molecule has 0 aliphatic heterocycles. The smallest absolute Gasteiger partial charge is 0.305 e. The van der Waals surface area contributed by atoms with Crippen LogP contribution >= 0.6 is 22.9 Å². The van der Waals surface area contributed by atoms with Crippen LogP contribution in [0.5, 0.6) is 0 Å². The molecule has 0 saturated heterocycles. The highest BCUT2D eigenvalue weighted by atomic mass is 35.5. The van der Waals surface area contributed by atoms with Gasteiger partial charge in [-0.3, -0.25) is 4.79 Å². The molecule has 1 aromatic carbocycles. The van der Waals surface area contributed by atoms with Crippen LogP contribution in [0.25, 0.3) is 0 Å². The van der Waals surface area contributed by atoms with Gasteiger partial charge in [0.2, 0.25) is 0 Å². The zero-order valence-electron chi connectivity index (χ0n) is 11.4. The summed E-state index contributed by atoms with van der Waals surface area (Å²) in [6.07, 6.45) is 0.862. The van der Waals surface area contributed by atoms with Crippen molar-refractivity contribution in [1.82, 2.24) is 4.98 Å². The number of ether oxygens (including phenoxy) is 1. The molecule has 0 atom stereocenters. The van der Waals surface area contributed by atoms with Gasteiger partial charge < -0.3 is 10.1 Å². The first-order chi connectivity index (χ1) is 10.1. The van der Waals surface area contributed by atoms with E-state index in [1.165, 1.54) is 24.5 Å². The van der Waals surface area contributed by atoms with Crippen LogP contribution in [0.3, 0.4) is 0 Å². The van der Waals surface area contributed by atoms with E-state index in [4.69, 9.17) is 11.6 Å². The van der Waals surface area contributed by atoms with Crippen LogP contribution in [0.15, 0.2) is 23.6 Å². The van der Waals surface area contributed by atoms with E-state index in [-0.39, 0.29) is 11.0 Å². The number of methoxy groups -OCH3 is 1. The standard InChI is InChI=1S/C14H14ClFN2O2S/c1-20-13(19)5-3-10-8-21-14(18-10)17-7-9-2-4-12(16)11(15)6-9/h2,4,6,8H,3,5,7H2,1H3,(H,17,18). The van der Waals surface area contributed by atoms with E-state index in [0.717, 1.165) is 16.4 Å². The molecule has 21 heavy (non-hydrogen) atoms. The highest BCUT2D eigenvalue weighted by molar-refractivity contribution is 7.13. The van der Waals surface area contributed by atoms with Gasteiger partial charge in [-0.2, -0.15) is 0 Å². The number of thiazole rings is 1. The number of anilines is 1. The van der Waals surface area contributed by atoms with Crippen molar-refractivity contribution < 1.29 is 13.9 Å². The van der Waals surface area contributed by atoms with Gasteiger partial charge in [-0.15, -0.1) is 11.3 Å². The molecular weight excluding hydrogens is 315 g/mol. The average Bonchev–Trinajstić information content (AvgIpc) is 2.94. The fraction of sp³-hybridized carbons (Fsp3) is 0.286. The molecule has 0 amide bonds. The van der Waals surface area contributed by atoms with Crippen LogP contribution in [0, 0.1) is 5.82 Å². The third-order valence-corrected chi connectivity index (χ3v) is 3.93. The van der Waals surface area contributed by atoms with Crippen LogP contribution < -0.4 is 5.32 Å². The third-order valence-electron chi connectivity index (χ3n) is 2.79. The molecule has 0 fully saturated rings. The van der Waals surface area contributed by atoms with E-state index in [9.17, 15) is 9.18 Å². The Bertz CT molecular complexity index is 633. The van der Waals surface area contributed by atoms with Gasteiger partial charge >= 0.3 is 5.97 Å². The largest absolute Gasteiger partial charge is 0.469 e. The van der Waals surface area contributed by atoms with E-state index in [1.807, 2.05) is 5.38 Å². The maximum atomic E-state index is 13.0. The quantitative estimate of drug-likeness (QED) is 0.822. The number of aryl methyl sites for hydroxylation is 1. The molecule has 2 aromatic rings. The second-order valence-electron chi connectivity index (χ2n) is 4.32. The van der Waals surface area contributed by atoms with Crippen molar-refractivity contribution in [2.24, 2.45) is 0 Å². The molecule has 1 aromatic heterocycles. The molecule has 0 unspecified atom stereocenters. The van der Waals surface area contributed by atoms with Crippen LogP contribution in [0.1, 0.15) is 17.7 Å². The van der Waals surface area contributed by atoms with Crippen molar-refractivity contribution in [3.05, 3.63) is 45.7 Å². The number of nitrogens with zero attached hydrogens (tertiary/aromatic N) is 1. The Hall–Kier alpha value is -1.66. The molecule has 0 aliphatic rings. The fourth-order valence-corrected chi connectivity index (χ4v) is 2.61. The van der Waals surface area contributed by atoms with Crippen molar-refractivity contribution in [3.63, 3.8) is 0 Å². The number of hydrogen-bond acceptors (Lipinski definition) is 5. The van der Waals surface area contributed by atoms with Gasteiger partial charge in [0.1, 0.15) is 5.82 Å². The van der Waals surface area contributed by atoms with E-state index >= 15 is 0 Å². The molecular formula is C14H14ClFN2O2S. The first kappa shape index (κ1) is 15.7. The molecule has 0 saturated carbocycles. The molecule has 0 bridgehead atoms. The summed E-state index contributed by atoms with van der Waals surface area (Å²) in [7, 11) is 1.37. The van der Waals surface area contributed by atoms with Gasteiger partial charge in [-0.25, -0.2) is 9.37 Å². The summed E-state index contributed by atoms with van der Waals surface area (Å²) in [5, 5.41) is 5.88. The molecule has 0 spiro atoms. The Labute approximate surface area is 130 Å². The summed E-state index contributed by atoms with van der Waals surface area (Å²) < 4.78 is 17.6. The van der Waals surface area contributed by atoms with Gasteiger partial charge in [-0.05, 0) is 17.7 Å². The normalized spacial score (nSPS) is 10.4. The number of carbonyl (C=O) groups is 1. The van der Waals surface area contributed by atoms with Crippen LogP contribution in [-0.4, -0.2) is 18.1 Å². The maximum absolute atomic E-state index is 13.0. The van der Waals surface area contributed by atoms with Crippen molar-refractivity contribution in [2.75, 3.05) is 12.4 Å². The van der Waals surface area contributed by atoms with Crippen molar-refractivity contribution in [3.8, 4) is 0 Å². The average molecular weight is 329 g/mol. The molecule has 7 heteroatoms. The second-order valence-corrected chi connectivity index (χ2v) is 5.59. The fourth-order valence-electron chi connectivity index (χ4n) is 1.66. The summed E-state index contributed by atoms with van der Waals surface area (Å²) in [6, 6.07) is 4.58. The Morgan fingerprint density at radius 1 is 1.52 bits per heavy atom. The van der Waals surface area contributed by atoms with Crippen molar-refractivity contribution in [1.29, 1.82) is 0 Å². The van der Waals surface area contributed by atoms with Gasteiger partial charge in [0.15, 0.2) is 5.13 Å². The SMILES string of the molecule is COC(=O)CCc1csc(NCc2ccc(F)c(Cl)c2)n1.